The molecular weight excluding hydrogens is 510 g/mol. The first-order chi connectivity index (χ1) is 17.3. The zero-order valence-electron chi connectivity index (χ0n) is 18.7. The summed E-state index contributed by atoms with van der Waals surface area (Å²) in [5.74, 6) is -1.68. The number of amides is 2. The van der Waals surface area contributed by atoms with Gasteiger partial charge in [0.1, 0.15) is 36.5 Å². The molecule has 6 N–H and O–H groups in total. The molecule has 0 spiro atoms. The van der Waals surface area contributed by atoms with Crippen LogP contribution in [0.3, 0.4) is 0 Å². The molecule has 1 fully saturated rings. The van der Waals surface area contributed by atoms with Gasteiger partial charge in [-0.2, -0.15) is 0 Å². The van der Waals surface area contributed by atoms with Crippen LogP contribution in [0.15, 0.2) is 46.3 Å². The zero-order chi connectivity index (χ0) is 25.6. The number of carbonyl (C=O) groups excluding carboxylic acids is 2. The van der Waals surface area contributed by atoms with E-state index in [9.17, 15) is 19.5 Å². The summed E-state index contributed by atoms with van der Waals surface area (Å²) in [6.07, 6.45) is 3.33. The lowest BCUT2D eigenvalue weighted by atomic mass is 10.0. The van der Waals surface area contributed by atoms with Crippen LogP contribution in [0.1, 0.15) is 5.69 Å². The number of aromatic nitrogens is 4. The van der Waals surface area contributed by atoms with Gasteiger partial charge in [0, 0.05) is 22.8 Å². The first-order valence-corrected chi connectivity index (χ1v) is 12.4. The molecule has 0 unspecified atom stereocenters. The van der Waals surface area contributed by atoms with E-state index in [-0.39, 0.29) is 28.8 Å². The second kappa shape index (κ2) is 9.12. The molecule has 2 atom stereocenters. The van der Waals surface area contributed by atoms with Gasteiger partial charge in [-0.25, -0.2) is 14.3 Å². The van der Waals surface area contributed by atoms with Gasteiger partial charge in [-0.1, -0.05) is 14.8 Å². The Balaban J connectivity index is 1.38. The molecule has 5 rings (SSSR count). The largest absolute Gasteiger partial charge is 0.477 e. The van der Waals surface area contributed by atoms with Gasteiger partial charge in [-0.05, 0) is 0 Å². The molecule has 0 bridgehead atoms. The first kappa shape index (κ1) is 23.6. The van der Waals surface area contributed by atoms with Crippen molar-refractivity contribution in [2.45, 2.75) is 18.0 Å². The summed E-state index contributed by atoms with van der Waals surface area (Å²) in [6.45, 7) is 0.216. The summed E-state index contributed by atoms with van der Waals surface area (Å²) in [7, 11) is 1.28. The van der Waals surface area contributed by atoms with Gasteiger partial charge < -0.3 is 26.7 Å². The zero-order valence-corrected chi connectivity index (χ0v) is 20.3. The highest BCUT2D eigenvalue weighted by molar-refractivity contribution is 8.00. The van der Waals surface area contributed by atoms with Gasteiger partial charge in [0.25, 0.3) is 11.8 Å². The molecule has 186 valence electrons. The Kier molecular flexibility index (Phi) is 5.97. The minimum atomic E-state index is -1.23. The summed E-state index contributed by atoms with van der Waals surface area (Å²) < 4.78 is 3.34. The van der Waals surface area contributed by atoms with E-state index >= 15 is 0 Å². The van der Waals surface area contributed by atoms with Crippen molar-refractivity contribution >= 4 is 63.2 Å². The summed E-state index contributed by atoms with van der Waals surface area (Å²) in [5.41, 5.74) is 12.8. The highest BCUT2D eigenvalue weighted by Crippen LogP contribution is 2.40. The van der Waals surface area contributed by atoms with Crippen LogP contribution in [0.4, 0.5) is 10.9 Å². The number of anilines is 2. The SMILES string of the molecule is CON=C(C(=O)N[C@@H]1C(=O)N2C(C(=O)O)=C(C[n+]3ccc(N)n4nccc43)CS[C@@H]12)c1csc(N)n1. The van der Waals surface area contributed by atoms with E-state index < -0.39 is 29.2 Å². The van der Waals surface area contributed by atoms with E-state index in [1.165, 1.54) is 28.3 Å². The molecule has 0 aromatic carbocycles. The predicted octanol–water partition coefficient (Wildman–Crippen LogP) is -0.968. The Labute approximate surface area is 211 Å². The second-order valence-electron chi connectivity index (χ2n) is 7.78. The Morgan fingerprint density at radius 2 is 2.19 bits per heavy atom. The average Bonchev–Trinajstić information content (AvgIpc) is 3.52. The van der Waals surface area contributed by atoms with Crippen LogP contribution in [-0.2, 0) is 25.8 Å². The molecule has 1 saturated heterocycles. The van der Waals surface area contributed by atoms with Crippen molar-refractivity contribution in [2.75, 3.05) is 24.3 Å². The van der Waals surface area contributed by atoms with Crippen LogP contribution in [0.5, 0.6) is 0 Å². The van der Waals surface area contributed by atoms with Crippen LogP contribution in [0.2, 0.25) is 0 Å². The molecule has 5 heterocycles. The molecule has 0 aliphatic carbocycles. The van der Waals surface area contributed by atoms with Gasteiger partial charge in [0.2, 0.25) is 5.82 Å². The lowest BCUT2D eigenvalue weighted by Gasteiger charge is -2.49. The van der Waals surface area contributed by atoms with E-state index in [4.69, 9.17) is 16.3 Å². The van der Waals surface area contributed by atoms with Crippen molar-refractivity contribution in [1.29, 1.82) is 0 Å². The number of oxime groups is 1. The maximum atomic E-state index is 13.0. The summed E-state index contributed by atoms with van der Waals surface area (Å²) in [4.78, 5) is 48.1. The summed E-state index contributed by atoms with van der Waals surface area (Å²) >= 11 is 2.48. The molecule has 16 heteroatoms. The third-order valence-corrected chi connectivity index (χ3v) is 7.66. The number of β-lactam (4-membered cyclic amide) rings is 1. The number of nitrogens with one attached hydrogen (secondary N) is 1. The number of nitrogen functional groups attached to an aromatic ring is 2. The monoisotopic (exact) mass is 530 g/mol. The molecule has 0 radical (unpaired) electrons. The Hall–Kier alpha value is -4.18. The van der Waals surface area contributed by atoms with Gasteiger partial charge >= 0.3 is 11.6 Å². The number of aliphatic carboxylic acids is 1. The number of carbonyl (C=O) groups is 3. The second-order valence-corrected chi connectivity index (χ2v) is 9.78. The van der Waals surface area contributed by atoms with Crippen LogP contribution in [0, 0.1) is 0 Å². The molecule has 14 nitrogen and oxygen atoms in total. The van der Waals surface area contributed by atoms with Gasteiger partial charge in [-0.3, -0.25) is 14.5 Å². The average molecular weight is 531 g/mol. The van der Waals surface area contributed by atoms with Crippen molar-refractivity contribution in [3.05, 3.63) is 46.9 Å². The molecule has 2 aliphatic rings. The highest BCUT2D eigenvalue weighted by Gasteiger charge is 2.54. The fourth-order valence-electron chi connectivity index (χ4n) is 4.07. The molecule has 2 amide bonds. The normalized spacial score (nSPS) is 19.8. The minimum Gasteiger partial charge on any atom is -0.477 e. The summed E-state index contributed by atoms with van der Waals surface area (Å²) in [5, 5.41) is 21.7. The lowest BCUT2D eigenvalue weighted by Crippen LogP contribution is -2.71. The molecule has 2 aliphatic heterocycles. The fourth-order valence-corrected chi connectivity index (χ4v) is 5.96. The highest BCUT2D eigenvalue weighted by atomic mass is 32.2. The smallest absolute Gasteiger partial charge is 0.352 e. The predicted molar refractivity (Wildman–Crippen MR) is 130 cm³/mol. The number of nitrogens with zero attached hydrogens (tertiary/aromatic N) is 6. The third kappa shape index (κ3) is 3.89. The van der Waals surface area contributed by atoms with E-state index in [2.05, 4.69) is 20.6 Å². The van der Waals surface area contributed by atoms with Gasteiger partial charge in [0.15, 0.2) is 10.8 Å². The number of hydrogen-bond donors (Lipinski definition) is 4. The van der Waals surface area contributed by atoms with Crippen LogP contribution >= 0.6 is 23.1 Å². The van der Waals surface area contributed by atoms with Gasteiger partial charge in [0.05, 0.1) is 18.5 Å². The number of carboxylic acid groups (broad SMARTS) is 1. The molecule has 36 heavy (non-hydrogen) atoms. The Bertz CT molecular complexity index is 1460. The fraction of sp³-hybridized carbons (Fsp3) is 0.250. The number of nitrogens with two attached hydrogens (primary N) is 2. The van der Waals surface area contributed by atoms with Crippen molar-refractivity contribution in [3.8, 4) is 0 Å². The van der Waals surface area contributed by atoms with Crippen LogP contribution in [0.25, 0.3) is 5.65 Å². The van der Waals surface area contributed by atoms with E-state index in [1.54, 1.807) is 34.5 Å². The number of fused-ring (bicyclic) bond motifs is 2. The number of thioether (sulfide) groups is 1. The quantitative estimate of drug-likeness (QED) is 0.128. The molecular formula is C20H20N9O5S2+. The van der Waals surface area contributed by atoms with Crippen molar-refractivity contribution in [3.63, 3.8) is 0 Å². The van der Waals surface area contributed by atoms with Crippen LogP contribution < -0.4 is 21.4 Å². The first-order valence-electron chi connectivity index (χ1n) is 10.4. The van der Waals surface area contributed by atoms with E-state index in [0.29, 0.717) is 22.8 Å². The number of thiazole rings is 1. The Morgan fingerprint density at radius 3 is 2.89 bits per heavy atom. The minimum absolute atomic E-state index is 0.103. The van der Waals surface area contributed by atoms with Gasteiger partial charge in [-0.15, -0.1) is 23.1 Å². The number of rotatable bonds is 7. The van der Waals surface area contributed by atoms with Crippen molar-refractivity contribution in [1.82, 2.24) is 24.8 Å². The number of hydrogen-bond acceptors (Lipinski definition) is 11. The molecule has 3 aromatic heterocycles. The molecule has 0 saturated carbocycles. The van der Waals surface area contributed by atoms with E-state index in [0.717, 1.165) is 11.3 Å². The standard InChI is InChI=1S/C20H19N9O5S2/c1-34-26-13(10-8-36-20(22)24-10)16(30)25-14-17(31)28-15(19(32)33)9(7-35-18(14)28)6-27-5-3-11(21)29-12(27)2-4-23-29/h2-5,8,14,18,21H,6-7H2,1H3,(H4,22,24,25,30,32,33)/p+1/t14-,18+/m1/s1. The topological polar surface area (TPSA) is 194 Å². The van der Waals surface area contributed by atoms with Crippen molar-refractivity contribution in [2.24, 2.45) is 5.16 Å². The lowest BCUT2D eigenvalue weighted by molar-refractivity contribution is -0.666. The maximum Gasteiger partial charge on any atom is 0.352 e. The maximum absolute atomic E-state index is 13.0. The Morgan fingerprint density at radius 1 is 1.39 bits per heavy atom. The number of carboxylic acids is 1. The van der Waals surface area contributed by atoms with E-state index in [1.807, 2.05) is 0 Å². The van der Waals surface area contributed by atoms with Crippen LogP contribution in [-0.4, -0.2) is 72.4 Å². The third-order valence-electron chi connectivity index (χ3n) is 5.65. The summed E-state index contributed by atoms with van der Waals surface area (Å²) in [6, 6.07) is 2.48. The molecule has 3 aromatic rings. The van der Waals surface area contributed by atoms with Crippen molar-refractivity contribution < 1.29 is 28.9 Å².